The Morgan fingerprint density at radius 2 is 1.50 bits per heavy atom. The van der Waals surface area contributed by atoms with Crippen LogP contribution in [0.4, 0.5) is 0 Å². The van der Waals surface area contributed by atoms with Crippen molar-refractivity contribution >= 4 is 23.3 Å². The van der Waals surface area contributed by atoms with Gasteiger partial charge in [-0.05, 0) is 67.3 Å². The van der Waals surface area contributed by atoms with Crippen molar-refractivity contribution < 1.29 is 13.2 Å². The van der Waals surface area contributed by atoms with Crippen LogP contribution in [0.5, 0.6) is 5.75 Å². The maximum absolute atomic E-state index is 13.2. The fraction of sp³-hybridized carbons (Fsp3) is 0.455. The van der Waals surface area contributed by atoms with Gasteiger partial charge >= 0.3 is 0 Å². The van der Waals surface area contributed by atoms with E-state index in [-0.39, 0.29) is 0 Å². The summed E-state index contributed by atoms with van der Waals surface area (Å²) in [5, 5.41) is 1.32. The summed E-state index contributed by atoms with van der Waals surface area (Å²) in [7, 11) is -5.19. The summed E-state index contributed by atoms with van der Waals surface area (Å²) in [4.78, 5) is 0.358. The molecule has 2 aromatic carbocycles. The summed E-state index contributed by atoms with van der Waals surface area (Å²) in [5.74, 6) is 0.979. The van der Waals surface area contributed by atoms with Crippen LogP contribution in [0.1, 0.15) is 34.7 Å². The second-order valence-electron chi connectivity index (χ2n) is 8.68. The monoisotopic (exact) mass is 417 g/mol. The van der Waals surface area contributed by atoms with E-state index in [0.717, 1.165) is 28.0 Å². The van der Waals surface area contributed by atoms with Gasteiger partial charge in [-0.25, -0.2) is 8.42 Å². The molecule has 28 heavy (non-hydrogen) atoms. The van der Waals surface area contributed by atoms with E-state index in [2.05, 4.69) is 33.5 Å². The zero-order chi connectivity index (χ0) is 20.9. The van der Waals surface area contributed by atoms with Crippen molar-refractivity contribution in [1.82, 2.24) is 4.31 Å². The molecule has 0 unspecified atom stereocenters. The molecule has 0 amide bonds. The Morgan fingerprint density at radius 1 is 0.964 bits per heavy atom. The van der Waals surface area contributed by atoms with Crippen LogP contribution in [0, 0.1) is 20.8 Å². The van der Waals surface area contributed by atoms with Crippen molar-refractivity contribution in [3.05, 3.63) is 52.1 Å². The highest BCUT2D eigenvalue weighted by atomic mass is 32.2. The Hall–Kier alpha value is -1.63. The number of rotatable bonds is 5. The van der Waals surface area contributed by atoms with Crippen LogP contribution >= 0.6 is 0 Å². The molecule has 0 fully saturated rings. The van der Waals surface area contributed by atoms with E-state index in [0.29, 0.717) is 24.6 Å². The van der Waals surface area contributed by atoms with Gasteiger partial charge in [-0.2, -0.15) is 4.31 Å². The maximum Gasteiger partial charge on any atom is 0.243 e. The first-order valence-corrected chi connectivity index (χ1v) is 14.8. The molecule has 4 nitrogen and oxygen atoms in total. The van der Waals surface area contributed by atoms with Crippen molar-refractivity contribution in [3.8, 4) is 5.75 Å². The third kappa shape index (κ3) is 3.53. The number of ether oxygens (including phenoxy) is 1. The smallest absolute Gasteiger partial charge is 0.243 e. The Labute approximate surface area is 170 Å². The first-order chi connectivity index (χ1) is 13.0. The van der Waals surface area contributed by atoms with Gasteiger partial charge in [0, 0.05) is 13.1 Å². The molecule has 0 aliphatic carbocycles. The molecule has 1 aliphatic rings. The highest BCUT2D eigenvalue weighted by Crippen LogP contribution is 2.37. The van der Waals surface area contributed by atoms with Crippen LogP contribution in [-0.4, -0.2) is 27.4 Å². The van der Waals surface area contributed by atoms with Crippen molar-refractivity contribution in [2.75, 3.05) is 6.61 Å². The largest absolute Gasteiger partial charge is 0.494 e. The summed E-state index contributed by atoms with van der Waals surface area (Å²) in [6.45, 7) is 16.6. The lowest BCUT2D eigenvalue weighted by molar-refractivity contribution is 0.339. The predicted octanol–water partition coefficient (Wildman–Crippen LogP) is 4.26. The van der Waals surface area contributed by atoms with Crippen LogP contribution in [0.15, 0.2) is 29.2 Å². The average molecular weight is 418 g/mol. The van der Waals surface area contributed by atoms with Gasteiger partial charge in [0.05, 0.1) is 19.6 Å². The molecule has 0 bridgehead atoms. The van der Waals surface area contributed by atoms with Gasteiger partial charge < -0.3 is 4.74 Å². The van der Waals surface area contributed by atoms with Crippen molar-refractivity contribution in [2.45, 2.75) is 65.3 Å². The number of fused-ring (bicyclic) bond motifs is 1. The van der Waals surface area contributed by atoms with E-state index >= 15 is 0 Å². The number of sulfonamides is 1. The van der Waals surface area contributed by atoms with E-state index in [1.54, 1.807) is 16.4 Å². The Bertz CT molecular complexity index is 1010. The van der Waals surface area contributed by atoms with Crippen LogP contribution in [0.2, 0.25) is 19.6 Å². The Kier molecular flexibility index (Phi) is 5.51. The SMILES string of the molecule is CCOc1c(C)c2c(c(C)c1[Si](C)(C)C)CN(S(=O)(=O)c1ccc(C)cc1)C2. The van der Waals surface area contributed by atoms with Gasteiger partial charge in [0.25, 0.3) is 0 Å². The van der Waals surface area contributed by atoms with E-state index in [4.69, 9.17) is 4.74 Å². The average Bonchev–Trinajstić information content (AvgIpc) is 3.06. The standard InChI is InChI=1S/C22H31NO3SSi/c1-8-26-21-16(3)19-13-23(14-20(19)17(4)22(21)28(5,6)7)27(24,25)18-11-9-15(2)10-12-18/h9-12H,8,13-14H2,1-7H3. The summed E-state index contributed by atoms with van der Waals surface area (Å²) in [6, 6.07) is 7.10. The third-order valence-corrected chi connectivity index (χ3v) is 9.49. The lowest BCUT2D eigenvalue weighted by Crippen LogP contribution is -2.41. The molecule has 0 aromatic heterocycles. The normalized spacial score (nSPS) is 15.0. The molecule has 152 valence electrons. The minimum atomic E-state index is -3.53. The molecule has 0 radical (unpaired) electrons. The third-order valence-electron chi connectivity index (χ3n) is 5.58. The lowest BCUT2D eigenvalue weighted by Gasteiger charge is -2.27. The second kappa shape index (κ2) is 7.32. The number of hydrogen-bond donors (Lipinski definition) is 0. The molecule has 6 heteroatoms. The van der Waals surface area contributed by atoms with Gasteiger partial charge in [-0.3, -0.25) is 0 Å². The van der Waals surface area contributed by atoms with E-state index in [1.807, 2.05) is 26.0 Å². The molecule has 1 aliphatic heterocycles. The zero-order valence-electron chi connectivity index (χ0n) is 18.0. The fourth-order valence-corrected chi connectivity index (χ4v) is 7.79. The zero-order valence-corrected chi connectivity index (χ0v) is 19.8. The molecule has 0 atom stereocenters. The van der Waals surface area contributed by atoms with Crippen molar-refractivity contribution in [1.29, 1.82) is 0 Å². The van der Waals surface area contributed by atoms with Crippen molar-refractivity contribution in [2.24, 2.45) is 0 Å². The van der Waals surface area contributed by atoms with Gasteiger partial charge in [-0.15, -0.1) is 0 Å². The van der Waals surface area contributed by atoms with Gasteiger partial charge in [-0.1, -0.05) is 37.3 Å². The van der Waals surface area contributed by atoms with E-state index < -0.39 is 18.1 Å². The topological polar surface area (TPSA) is 46.6 Å². The second-order valence-corrected chi connectivity index (χ2v) is 15.6. The molecule has 0 spiro atoms. The van der Waals surface area contributed by atoms with Gasteiger partial charge in [0.1, 0.15) is 5.75 Å². The number of hydrogen-bond acceptors (Lipinski definition) is 3. The minimum absolute atomic E-state index is 0.358. The van der Waals surface area contributed by atoms with Crippen LogP contribution < -0.4 is 9.92 Å². The van der Waals surface area contributed by atoms with Crippen molar-refractivity contribution in [3.63, 3.8) is 0 Å². The molecule has 0 saturated carbocycles. The molecule has 1 heterocycles. The van der Waals surface area contributed by atoms with Gasteiger partial charge in [0.2, 0.25) is 10.0 Å². The van der Waals surface area contributed by atoms with E-state index in [1.165, 1.54) is 10.8 Å². The van der Waals surface area contributed by atoms with E-state index in [9.17, 15) is 8.42 Å². The molecule has 3 rings (SSSR count). The highest BCUT2D eigenvalue weighted by molar-refractivity contribution is 7.89. The summed E-state index contributed by atoms with van der Waals surface area (Å²) in [6.07, 6.45) is 0. The number of aryl methyl sites for hydroxylation is 1. The molecular weight excluding hydrogens is 386 g/mol. The first-order valence-electron chi connectivity index (χ1n) is 9.83. The van der Waals surface area contributed by atoms with Crippen LogP contribution in [-0.2, 0) is 23.1 Å². The molecule has 2 aromatic rings. The van der Waals surface area contributed by atoms with Crippen LogP contribution in [0.3, 0.4) is 0 Å². The summed E-state index contributed by atoms with van der Waals surface area (Å²) < 4.78 is 34.2. The maximum atomic E-state index is 13.2. The molecule has 0 N–H and O–H groups in total. The number of nitrogens with zero attached hydrogens (tertiary/aromatic N) is 1. The van der Waals surface area contributed by atoms with Gasteiger partial charge in [0.15, 0.2) is 0 Å². The number of benzene rings is 2. The van der Waals surface area contributed by atoms with Crippen LogP contribution in [0.25, 0.3) is 0 Å². The highest BCUT2D eigenvalue weighted by Gasteiger charge is 2.36. The Balaban J connectivity index is 2.11. The fourth-order valence-electron chi connectivity index (χ4n) is 4.19. The molecular formula is C22H31NO3SSi. The Morgan fingerprint density at radius 3 is 2.00 bits per heavy atom. The molecule has 0 saturated heterocycles. The quantitative estimate of drug-likeness (QED) is 0.683. The minimum Gasteiger partial charge on any atom is -0.494 e. The predicted molar refractivity (Wildman–Crippen MR) is 118 cm³/mol. The summed E-state index contributed by atoms with van der Waals surface area (Å²) >= 11 is 0. The lowest BCUT2D eigenvalue weighted by atomic mass is 9.98. The first kappa shape index (κ1) is 21.1. The summed E-state index contributed by atoms with van der Waals surface area (Å²) in [5.41, 5.74) is 5.63.